The topological polar surface area (TPSA) is 41.1 Å². The highest BCUT2D eigenvalue weighted by Crippen LogP contribution is 2.25. The van der Waals surface area contributed by atoms with E-state index in [0.29, 0.717) is 5.25 Å². The summed E-state index contributed by atoms with van der Waals surface area (Å²) in [7, 11) is 0. The summed E-state index contributed by atoms with van der Waals surface area (Å²) in [6.45, 7) is 3.84. The molecule has 2 unspecified atom stereocenters. The number of rotatable bonds is 3. The average Bonchev–Trinajstić information content (AvgIpc) is 2.76. The molecule has 0 saturated carbocycles. The van der Waals surface area contributed by atoms with Crippen LogP contribution >= 0.6 is 11.8 Å². The molecule has 2 fully saturated rings. The molecule has 4 heteroatoms. The molecule has 2 N–H and O–H groups in total. The molecule has 1 amide bonds. The molecule has 2 aliphatic rings. The summed E-state index contributed by atoms with van der Waals surface area (Å²) in [6, 6.07) is 0. The van der Waals surface area contributed by atoms with Gasteiger partial charge in [-0.15, -0.1) is 0 Å². The summed E-state index contributed by atoms with van der Waals surface area (Å²) in [4.78, 5) is 12.0. The first kappa shape index (κ1) is 12.2. The number of nitrogens with one attached hydrogen (secondary N) is 2. The van der Waals surface area contributed by atoms with Crippen molar-refractivity contribution in [2.45, 2.75) is 49.8 Å². The summed E-state index contributed by atoms with van der Waals surface area (Å²) in [6.07, 6.45) is 6.01. The molecule has 92 valence electrons. The lowest BCUT2D eigenvalue weighted by molar-refractivity contribution is -0.126. The van der Waals surface area contributed by atoms with E-state index >= 15 is 0 Å². The summed E-state index contributed by atoms with van der Waals surface area (Å²) in [5.41, 5.74) is -0.306. The fourth-order valence-electron chi connectivity index (χ4n) is 2.46. The van der Waals surface area contributed by atoms with E-state index in [2.05, 4.69) is 10.6 Å². The summed E-state index contributed by atoms with van der Waals surface area (Å²) in [5.74, 6) is 1.45. The van der Waals surface area contributed by atoms with E-state index in [1.165, 1.54) is 25.0 Å². The highest BCUT2D eigenvalue weighted by molar-refractivity contribution is 7.99. The van der Waals surface area contributed by atoms with Crippen molar-refractivity contribution in [2.75, 3.05) is 18.8 Å². The SMILES string of the molecule is CC1(C(=O)NCC2CCCCS2)CCCN1. The molecule has 0 aromatic heterocycles. The van der Waals surface area contributed by atoms with Crippen LogP contribution in [0.15, 0.2) is 0 Å². The van der Waals surface area contributed by atoms with Crippen molar-refractivity contribution in [1.29, 1.82) is 0 Å². The van der Waals surface area contributed by atoms with Crippen LogP contribution in [0.5, 0.6) is 0 Å². The molecular weight excluding hydrogens is 220 g/mol. The molecule has 2 heterocycles. The minimum Gasteiger partial charge on any atom is -0.353 e. The summed E-state index contributed by atoms with van der Waals surface area (Å²) < 4.78 is 0. The number of carbonyl (C=O) groups is 1. The van der Waals surface area contributed by atoms with Gasteiger partial charge in [-0.1, -0.05) is 6.42 Å². The number of carbonyl (C=O) groups excluding carboxylic acids is 1. The Balaban J connectivity index is 1.74. The van der Waals surface area contributed by atoms with E-state index in [0.717, 1.165) is 25.9 Å². The Hall–Kier alpha value is -0.220. The highest BCUT2D eigenvalue weighted by Gasteiger charge is 2.35. The molecule has 0 spiro atoms. The van der Waals surface area contributed by atoms with Crippen molar-refractivity contribution in [2.24, 2.45) is 0 Å². The van der Waals surface area contributed by atoms with Gasteiger partial charge in [-0.2, -0.15) is 11.8 Å². The quantitative estimate of drug-likeness (QED) is 0.788. The molecule has 0 aliphatic carbocycles. The van der Waals surface area contributed by atoms with Crippen molar-refractivity contribution in [1.82, 2.24) is 10.6 Å². The molecule has 0 bridgehead atoms. The maximum absolute atomic E-state index is 12.0. The van der Waals surface area contributed by atoms with Crippen LogP contribution in [0.1, 0.15) is 39.0 Å². The normalized spacial score (nSPS) is 34.9. The van der Waals surface area contributed by atoms with Crippen LogP contribution in [0.25, 0.3) is 0 Å². The fourth-order valence-corrected chi connectivity index (χ4v) is 3.70. The predicted octanol–water partition coefficient (Wildman–Crippen LogP) is 1.53. The predicted molar refractivity (Wildman–Crippen MR) is 68.7 cm³/mol. The second-order valence-corrected chi connectivity index (χ2v) is 6.47. The van der Waals surface area contributed by atoms with Gasteiger partial charge in [0.1, 0.15) is 0 Å². The first-order valence-electron chi connectivity index (χ1n) is 6.36. The monoisotopic (exact) mass is 242 g/mol. The lowest BCUT2D eigenvalue weighted by Gasteiger charge is -2.26. The Morgan fingerprint density at radius 1 is 1.50 bits per heavy atom. The molecular formula is C12H22N2OS. The van der Waals surface area contributed by atoms with Gasteiger partial charge in [0, 0.05) is 11.8 Å². The van der Waals surface area contributed by atoms with Gasteiger partial charge < -0.3 is 10.6 Å². The largest absolute Gasteiger partial charge is 0.353 e. The molecule has 0 radical (unpaired) electrons. The van der Waals surface area contributed by atoms with Crippen LogP contribution in [0.2, 0.25) is 0 Å². The van der Waals surface area contributed by atoms with Crippen LogP contribution in [0.4, 0.5) is 0 Å². The van der Waals surface area contributed by atoms with Gasteiger partial charge in [-0.25, -0.2) is 0 Å². The van der Waals surface area contributed by atoms with E-state index in [1.807, 2.05) is 18.7 Å². The highest BCUT2D eigenvalue weighted by atomic mass is 32.2. The van der Waals surface area contributed by atoms with Crippen molar-refractivity contribution in [3.63, 3.8) is 0 Å². The molecule has 16 heavy (non-hydrogen) atoms. The second kappa shape index (κ2) is 5.41. The fraction of sp³-hybridized carbons (Fsp3) is 0.917. The van der Waals surface area contributed by atoms with E-state index in [1.54, 1.807) is 0 Å². The maximum Gasteiger partial charge on any atom is 0.240 e. The number of amides is 1. The van der Waals surface area contributed by atoms with Gasteiger partial charge in [0.2, 0.25) is 5.91 Å². The maximum atomic E-state index is 12.0. The van der Waals surface area contributed by atoms with E-state index in [4.69, 9.17) is 0 Å². The van der Waals surface area contributed by atoms with E-state index < -0.39 is 0 Å². The lowest BCUT2D eigenvalue weighted by Crippen LogP contribution is -2.52. The van der Waals surface area contributed by atoms with E-state index in [9.17, 15) is 4.79 Å². The minimum absolute atomic E-state index is 0.191. The van der Waals surface area contributed by atoms with Gasteiger partial charge in [0.25, 0.3) is 0 Å². The summed E-state index contributed by atoms with van der Waals surface area (Å²) in [5, 5.41) is 7.06. The third-order valence-corrected chi connectivity index (χ3v) is 5.03. The first-order valence-corrected chi connectivity index (χ1v) is 7.40. The number of hydrogen-bond acceptors (Lipinski definition) is 3. The third-order valence-electron chi connectivity index (χ3n) is 3.63. The Bertz CT molecular complexity index is 245. The number of hydrogen-bond donors (Lipinski definition) is 2. The van der Waals surface area contributed by atoms with Crippen LogP contribution in [-0.2, 0) is 4.79 Å². The third kappa shape index (κ3) is 2.92. The molecule has 0 aromatic rings. The molecule has 2 rings (SSSR count). The van der Waals surface area contributed by atoms with Crippen LogP contribution < -0.4 is 10.6 Å². The van der Waals surface area contributed by atoms with Crippen LogP contribution in [0, 0.1) is 0 Å². The Kier molecular flexibility index (Phi) is 4.14. The zero-order valence-corrected chi connectivity index (χ0v) is 10.9. The smallest absolute Gasteiger partial charge is 0.240 e. The van der Waals surface area contributed by atoms with Crippen LogP contribution in [-0.4, -0.2) is 35.5 Å². The lowest BCUT2D eigenvalue weighted by atomic mass is 9.99. The standard InChI is InChI=1S/C12H22N2OS/c1-12(6-4-7-14-12)11(15)13-9-10-5-2-3-8-16-10/h10,14H,2-9H2,1H3,(H,13,15). The molecule has 2 atom stereocenters. The van der Waals surface area contributed by atoms with Gasteiger partial charge >= 0.3 is 0 Å². The van der Waals surface area contributed by atoms with Gasteiger partial charge in [0.15, 0.2) is 0 Å². The van der Waals surface area contributed by atoms with Crippen molar-refractivity contribution in [3.05, 3.63) is 0 Å². The Labute approximate surface area is 102 Å². The molecule has 3 nitrogen and oxygen atoms in total. The van der Waals surface area contributed by atoms with E-state index in [-0.39, 0.29) is 11.4 Å². The Morgan fingerprint density at radius 2 is 2.38 bits per heavy atom. The summed E-state index contributed by atoms with van der Waals surface area (Å²) >= 11 is 2.01. The molecule has 2 aliphatic heterocycles. The minimum atomic E-state index is -0.306. The zero-order chi connectivity index (χ0) is 11.4. The van der Waals surface area contributed by atoms with Crippen LogP contribution in [0.3, 0.4) is 0 Å². The Morgan fingerprint density at radius 3 is 3.00 bits per heavy atom. The van der Waals surface area contributed by atoms with Crippen molar-refractivity contribution >= 4 is 17.7 Å². The second-order valence-electron chi connectivity index (χ2n) is 5.06. The number of thioether (sulfide) groups is 1. The molecule has 0 aromatic carbocycles. The molecule has 2 saturated heterocycles. The van der Waals surface area contributed by atoms with Crippen molar-refractivity contribution in [3.8, 4) is 0 Å². The average molecular weight is 242 g/mol. The van der Waals surface area contributed by atoms with Crippen molar-refractivity contribution < 1.29 is 4.79 Å². The zero-order valence-electron chi connectivity index (χ0n) is 10.1. The first-order chi connectivity index (χ1) is 7.71. The van der Waals surface area contributed by atoms with Gasteiger partial charge in [0.05, 0.1) is 5.54 Å². The van der Waals surface area contributed by atoms with Gasteiger partial charge in [-0.3, -0.25) is 4.79 Å². The van der Waals surface area contributed by atoms with Gasteiger partial charge in [-0.05, 0) is 44.9 Å².